The summed E-state index contributed by atoms with van der Waals surface area (Å²) in [4.78, 5) is 140. The van der Waals surface area contributed by atoms with Crippen molar-refractivity contribution < 1.29 is 73.2 Å². The second-order valence-electron chi connectivity index (χ2n) is 12.2. The number of nitrogens with two attached hydrogens (primary N) is 3. The first-order chi connectivity index (χ1) is 26.2. The van der Waals surface area contributed by atoms with E-state index in [0.717, 1.165) is 4.90 Å². The van der Waals surface area contributed by atoms with Crippen LogP contribution in [0.5, 0.6) is 0 Å². The van der Waals surface area contributed by atoms with Gasteiger partial charge in [0, 0.05) is 19.5 Å². The van der Waals surface area contributed by atoms with Gasteiger partial charge in [-0.05, 0) is 32.1 Å². The van der Waals surface area contributed by atoms with Gasteiger partial charge in [-0.15, -0.1) is 0 Å². The highest BCUT2D eigenvalue weighted by molar-refractivity contribution is 5.98. The number of carbonyl (C=O) groups is 11. The van der Waals surface area contributed by atoms with Gasteiger partial charge >= 0.3 is 23.9 Å². The monoisotopic (exact) mass is 801 g/mol. The first kappa shape index (κ1) is 47.4. The summed E-state index contributed by atoms with van der Waals surface area (Å²) in [5.74, 6) is -13.3. The Morgan fingerprint density at radius 3 is 1.79 bits per heavy atom. The van der Waals surface area contributed by atoms with E-state index in [2.05, 4.69) is 31.6 Å². The number of likely N-dealkylation sites (tertiary alicyclic amines) is 1. The minimum absolute atomic E-state index is 0.0103. The van der Waals surface area contributed by atoms with Gasteiger partial charge in [-0.3, -0.25) is 57.7 Å². The zero-order chi connectivity index (χ0) is 42.5. The highest BCUT2D eigenvalue weighted by Crippen LogP contribution is 2.20. The third kappa shape index (κ3) is 18.0. The number of hydrogen-bond acceptors (Lipinski definition) is 13. The number of amides is 7. The smallest absolute Gasteiger partial charge is 0.322 e. The van der Waals surface area contributed by atoms with Crippen molar-refractivity contribution in [1.29, 1.82) is 0 Å². The van der Waals surface area contributed by atoms with Crippen molar-refractivity contribution in [2.24, 2.45) is 22.2 Å². The predicted octanol–water partition coefficient (Wildman–Crippen LogP) is -6.94. The van der Waals surface area contributed by atoms with Crippen molar-refractivity contribution in [2.75, 3.05) is 32.7 Å². The van der Waals surface area contributed by atoms with Crippen LogP contribution in [-0.4, -0.2) is 159 Å². The molecule has 1 aliphatic heterocycles. The number of nitrogens with one attached hydrogen (secondary N) is 6. The molecule has 0 aromatic heterocycles. The van der Waals surface area contributed by atoms with Crippen LogP contribution >= 0.6 is 0 Å². The molecule has 5 unspecified atom stereocenters. The third-order valence-corrected chi connectivity index (χ3v) is 7.76. The van der Waals surface area contributed by atoms with Crippen LogP contribution in [0.1, 0.15) is 51.4 Å². The van der Waals surface area contributed by atoms with Crippen LogP contribution in [0.2, 0.25) is 0 Å². The molecule has 56 heavy (non-hydrogen) atoms. The zero-order valence-corrected chi connectivity index (χ0v) is 30.0. The van der Waals surface area contributed by atoms with Crippen LogP contribution in [0.25, 0.3) is 0 Å². The first-order valence-electron chi connectivity index (χ1n) is 16.9. The molecule has 5 atom stereocenters. The third-order valence-electron chi connectivity index (χ3n) is 7.76. The molecule has 0 aromatic rings. The number of carboxylic acid groups (broad SMARTS) is 4. The molecule has 0 aliphatic carbocycles. The Kier molecular flexibility index (Phi) is 20.3. The van der Waals surface area contributed by atoms with E-state index in [1.54, 1.807) is 0 Å². The molecule has 1 heterocycles. The summed E-state index contributed by atoms with van der Waals surface area (Å²) in [6.45, 7) is -2.20. The molecule has 16 N–H and O–H groups in total. The molecule has 1 fully saturated rings. The van der Waals surface area contributed by atoms with Gasteiger partial charge in [0.2, 0.25) is 41.4 Å². The van der Waals surface area contributed by atoms with Gasteiger partial charge in [0.15, 0.2) is 5.96 Å². The molecule has 312 valence electrons. The molecule has 1 saturated heterocycles. The number of hydrogen-bond donors (Lipinski definition) is 13. The van der Waals surface area contributed by atoms with Gasteiger partial charge in [-0.1, -0.05) is 0 Å². The highest BCUT2D eigenvalue weighted by atomic mass is 16.4. The lowest BCUT2D eigenvalue weighted by Gasteiger charge is -2.30. The molecule has 0 radical (unpaired) electrons. The van der Waals surface area contributed by atoms with E-state index in [1.165, 1.54) is 0 Å². The number of nitrogens with zero attached hydrogens (tertiary/aromatic N) is 2. The lowest BCUT2D eigenvalue weighted by molar-refractivity contribution is -0.145. The fraction of sp³-hybridized carbons (Fsp3) is 0.600. The minimum Gasteiger partial charge on any atom is -0.481 e. The standard InChI is InChI=1S/C30H47N11O15/c31-11-19(42)37-14(3-1-7-34-30(32)33)25(52)35-12-20(43)38-17(10-23(48)49)27(54)39-15(5-6-21(44)45)29(56)41-8-2-4-18(41)28(55)40-16(9-22(46)47)26(53)36-13-24(50)51/h14-18H,1-13,31H2,(H,35,52)(H,36,53)(H,37,42)(H,38,43)(H,39,54)(H,40,55)(H,44,45)(H,46,47)(H,48,49)(H,50,51)(H4,32,33,34). The maximum atomic E-state index is 13.7. The second-order valence-corrected chi connectivity index (χ2v) is 12.2. The van der Waals surface area contributed by atoms with Crippen LogP contribution in [0.4, 0.5) is 0 Å². The molecule has 26 heteroatoms. The summed E-state index contributed by atoms with van der Waals surface area (Å²) < 4.78 is 0. The SMILES string of the molecule is NCC(=O)NC(CCCN=C(N)N)C(=O)NCC(=O)NC(CC(=O)O)C(=O)NC(CCC(=O)O)C(=O)N1CCCC1C(=O)NC(CC(=O)O)C(=O)NCC(=O)O. The minimum atomic E-state index is -1.89. The molecular weight excluding hydrogens is 754 g/mol. The van der Waals surface area contributed by atoms with Gasteiger partial charge in [0.1, 0.15) is 36.8 Å². The van der Waals surface area contributed by atoms with Crippen LogP contribution < -0.4 is 49.1 Å². The summed E-state index contributed by atoms with van der Waals surface area (Å²) >= 11 is 0. The van der Waals surface area contributed by atoms with Crippen molar-refractivity contribution in [3.05, 3.63) is 0 Å². The van der Waals surface area contributed by atoms with Gasteiger partial charge in [-0.25, -0.2) is 0 Å². The molecule has 0 aromatic carbocycles. The number of guanidine groups is 1. The Labute approximate surface area is 317 Å². The van der Waals surface area contributed by atoms with Gasteiger partial charge in [-0.2, -0.15) is 0 Å². The van der Waals surface area contributed by atoms with Crippen LogP contribution in [-0.2, 0) is 52.7 Å². The van der Waals surface area contributed by atoms with E-state index in [0.29, 0.717) is 0 Å². The Morgan fingerprint density at radius 1 is 0.661 bits per heavy atom. The number of aliphatic carboxylic acids is 4. The van der Waals surface area contributed by atoms with Crippen molar-refractivity contribution >= 4 is 71.2 Å². The quantitative estimate of drug-likeness (QED) is 0.0232. The fourth-order valence-corrected chi connectivity index (χ4v) is 5.18. The molecule has 0 spiro atoms. The van der Waals surface area contributed by atoms with Gasteiger partial charge < -0.3 is 74.4 Å². The van der Waals surface area contributed by atoms with Gasteiger partial charge in [0.25, 0.3) is 0 Å². The molecule has 26 nitrogen and oxygen atoms in total. The second kappa shape index (κ2) is 23.9. The molecule has 7 amide bonds. The normalized spacial score (nSPS) is 15.4. The van der Waals surface area contributed by atoms with Crippen molar-refractivity contribution in [3.8, 4) is 0 Å². The lowest BCUT2D eigenvalue weighted by Crippen LogP contribution is -2.59. The summed E-state index contributed by atoms with van der Waals surface area (Å²) in [5.41, 5.74) is 15.8. The van der Waals surface area contributed by atoms with Crippen molar-refractivity contribution in [3.63, 3.8) is 0 Å². The van der Waals surface area contributed by atoms with Crippen molar-refractivity contribution in [2.45, 2.75) is 81.6 Å². The van der Waals surface area contributed by atoms with Crippen LogP contribution in [0.3, 0.4) is 0 Å². The molecule has 1 aliphatic rings. The number of carbonyl (C=O) groups excluding carboxylic acids is 7. The summed E-state index contributed by atoms with van der Waals surface area (Å²) in [7, 11) is 0. The van der Waals surface area contributed by atoms with E-state index >= 15 is 0 Å². The summed E-state index contributed by atoms with van der Waals surface area (Å²) in [6.07, 6.45) is -2.89. The molecule has 0 bridgehead atoms. The van der Waals surface area contributed by atoms with Crippen LogP contribution in [0, 0.1) is 0 Å². The van der Waals surface area contributed by atoms with E-state index in [-0.39, 0.29) is 44.7 Å². The zero-order valence-electron chi connectivity index (χ0n) is 30.0. The lowest BCUT2D eigenvalue weighted by atomic mass is 10.1. The van der Waals surface area contributed by atoms with E-state index < -0.39 is 141 Å². The number of carboxylic acids is 4. The molecule has 0 saturated carbocycles. The molecular formula is C30H47N11O15. The molecule has 1 rings (SSSR count). The van der Waals surface area contributed by atoms with E-state index in [9.17, 15) is 68.1 Å². The average Bonchev–Trinajstić information content (AvgIpc) is 3.61. The largest absolute Gasteiger partial charge is 0.481 e. The van der Waals surface area contributed by atoms with Crippen molar-refractivity contribution in [1.82, 2.24) is 36.8 Å². The summed E-state index contributed by atoms with van der Waals surface area (Å²) in [5, 5.41) is 49.7. The van der Waals surface area contributed by atoms with E-state index in [1.807, 2.05) is 5.32 Å². The maximum Gasteiger partial charge on any atom is 0.322 e. The highest BCUT2D eigenvalue weighted by Gasteiger charge is 2.40. The van der Waals surface area contributed by atoms with E-state index in [4.69, 9.17) is 22.3 Å². The number of aliphatic imine (C=N–C) groups is 1. The Balaban J connectivity index is 3.14. The topological polar surface area (TPSA) is 435 Å². The average molecular weight is 802 g/mol. The Bertz CT molecular complexity index is 1540. The predicted molar refractivity (Wildman–Crippen MR) is 186 cm³/mol. The fourth-order valence-electron chi connectivity index (χ4n) is 5.18. The maximum absolute atomic E-state index is 13.7. The first-order valence-corrected chi connectivity index (χ1v) is 16.9. The summed E-state index contributed by atoms with van der Waals surface area (Å²) in [6, 6.07) is -7.90. The van der Waals surface area contributed by atoms with Crippen LogP contribution in [0.15, 0.2) is 4.99 Å². The Hall–Kier alpha value is -6.60. The number of rotatable bonds is 25. The Morgan fingerprint density at radius 2 is 1.23 bits per heavy atom. The van der Waals surface area contributed by atoms with Gasteiger partial charge in [0.05, 0.1) is 25.9 Å².